The Morgan fingerprint density at radius 3 is 2.43 bits per heavy atom. The van der Waals surface area contributed by atoms with Crippen LogP contribution in [0.1, 0.15) is 50.2 Å². The van der Waals surface area contributed by atoms with Crippen molar-refractivity contribution in [2.24, 2.45) is 0 Å². The van der Waals surface area contributed by atoms with Crippen molar-refractivity contribution in [3.8, 4) is 0 Å². The number of rotatable bonds is 7. The number of halogens is 2. The van der Waals surface area contributed by atoms with Crippen LogP contribution in [0.5, 0.6) is 0 Å². The van der Waals surface area contributed by atoms with Crippen LogP contribution in [0, 0.1) is 5.82 Å². The van der Waals surface area contributed by atoms with Crippen LogP contribution in [-0.2, 0) is 22.6 Å². The first-order valence-corrected chi connectivity index (χ1v) is 10.9. The van der Waals surface area contributed by atoms with Gasteiger partial charge in [0.25, 0.3) is 0 Å². The molecule has 1 aliphatic carbocycles. The molecule has 0 radical (unpaired) electrons. The van der Waals surface area contributed by atoms with E-state index in [0.29, 0.717) is 10.6 Å². The minimum atomic E-state index is -0.702. The molecule has 6 heteroatoms. The number of amides is 2. The third-order valence-electron chi connectivity index (χ3n) is 5.69. The molecule has 160 valence electrons. The quantitative estimate of drug-likeness (QED) is 0.680. The van der Waals surface area contributed by atoms with Crippen LogP contribution in [0.4, 0.5) is 4.39 Å². The zero-order valence-electron chi connectivity index (χ0n) is 17.2. The Balaban J connectivity index is 1.76. The number of carbonyl (C=O) groups is 2. The number of benzene rings is 2. The Kier molecular flexibility index (Phi) is 7.86. The van der Waals surface area contributed by atoms with Crippen molar-refractivity contribution in [3.05, 3.63) is 70.5 Å². The lowest BCUT2D eigenvalue weighted by atomic mass is 9.95. The van der Waals surface area contributed by atoms with E-state index in [1.54, 1.807) is 49.4 Å². The molecule has 0 bridgehead atoms. The number of hydrogen-bond donors (Lipinski definition) is 1. The lowest BCUT2D eigenvalue weighted by Gasteiger charge is -2.31. The Morgan fingerprint density at radius 2 is 1.77 bits per heavy atom. The predicted octanol–water partition coefficient (Wildman–Crippen LogP) is 4.89. The molecular formula is C24H28ClFN2O2. The van der Waals surface area contributed by atoms with Crippen molar-refractivity contribution in [2.75, 3.05) is 0 Å². The molecule has 2 aromatic rings. The van der Waals surface area contributed by atoms with Crippen molar-refractivity contribution in [1.29, 1.82) is 0 Å². The number of nitrogens with one attached hydrogen (secondary N) is 1. The highest BCUT2D eigenvalue weighted by Crippen LogP contribution is 2.19. The largest absolute Gasteiger partial charge is 0.352 e. The van der Waals surface area contributed by atoms with Crippen molar-refractivity contribution in [1.82, 2.24) is 10.2 Å². The second-order valence-electron chi connectivity index (χ2n) is 7.94. The standard InChI is InChI=1S/C24H28ClFN2O2/c1-17(24(30)27-21-8-3-2-4-9-21)28(16-19-7-5-6-10-22(19)26)23(29)15-18-11-13-20(25)14-12-18/h5-7,10-14,17,21H,2-4,8-9,15-16H2,1H3,(H,27,30)/t17-/m1/s1. The average Bonchev–Trinajstić information content (AvgIpc) is 2.75. The Hall–Kier alpha value is -2.40. The van der Waals surface area contributed by atoms with E-state index in [4.69, 9.17) is 11.6 Å². The van der Waals surface area contributed by atoms with Gasteiger partial charge in [-0.05, 0) is 43.5 Å². The Bertz CT molecular complexity index is 866. The number of carbonyl (C=O) groups excluding carboxylic acids is 2. The van der Waals surface area contributed by atoms with Crippen LogP contribution >= 0.6 is 11.6 Å². The molecule has 0 aromatic heterocycles. The second-order valence-corrected chi connectivity index (χ2v) is 8.37. The molecule has 1 atom stereocenters. The zero-order chi connectivity index (χ0) is 21.5. The number of hydrogen-bond acceptors (Lipinski definition) is 2. The highest BCUT2D eigenvalue weighted by atomic mass is 35.5. The number of nitrogens with zero attached hydrogens (tertiary/aromatic N) is 1. The van der Waals surface area contributed by atoms with Gasteiger partial charge in [-0.2, -0.15) is 0 Å². The van der Waals surface area contributed by atoms with E-state index in [9.17, 15) is 14.0 Å². The average molecular weight is 431 g/mol. The summed E-state index contributed by atoms with van der Waals surface area (Å²) in [6, 6.07) is 12.8. The predicted molar refractivity (Wildman–Crippen MR) is 117 cm³/mol. The molecule has 2 aromatic carbocycles. The maximum Gasteiger partial charge on any atom is 0.242 e. The van der Waals surface area contributed by atoms with Gasteiger partial charge in [0.05, 0.1) is 6.42 Å². The first-order valence-electron chi connectivity index (χ1n) is 10.5. The van der Waals surface area contributed by atoms with Gasteiger partial charge < -0.3 is 10.2 Å². The van der Waals surface area contributed by atoms with Gasteiger partial charge in [-0.25, -0.2) is 4.39 Å². The van der Waals surface area contributed by atoms with Crippen LogP contribution in [-0.4, -0.2) is 28.8 Å². The lowest BCUT2D eigenvalue weighted by Crippen LogP contribution is -2.50. The lowest BCUT2D eigenvalue weighted by molar-refractivity contribution is -0.140. The smallest absolute Gasteiger partial charge is 0.242 e. The maximum atomic E-state index is 14.3. The van der Waals surface area contributed by atoms with E-state index in [2.05, 4.69) is 5.32 Å². The fourth-order valence-corrected chi connectivity index (χ4v) is 3.97. The molecule has 30 heavy (non-hydrogen) atoms. The molecule has 0 spiro atoms. The topological polar surface area (TPSA) is 49.4 Å². The van der Waals surface area contributed by atoms with Crippen LogP contribution in [0.15, 0.2) is 48.5 Å². The summed E-state index contributed by atoms with van der Waals surface area (Å²) in [7, 11) is 0. The van der Waals surface area contributed by atoms with E-state index in [1.165, 1.54) is 17.4 Å². The van der Waals surface area contributed by atoms with E-state index in [1.807, 2.05) is 0 Å². The molecule has 0 heterocycles. The van der Waals surface area contributed by atoms with Gasteiger partial charge in [0.15, 0.2) is 0 Å². The van der Waals surface area contributed by atoms with Gasteiger partial charge in [-0.15, -0.1) is 0 Å². The maximum absolute atomic E-state index is 14.3. The summed E-state index contributed by atoms with van der Waals surface area (Å²) < 4.78 is 14.3. The van der Waals surface area contributed by atoms with Crippen molar-refractivity contribution in [3.63, 3.8) is 0 Å². The molecule has 1 N–H and O–H groups in total. The van der Waals surface area contributed by atoms with Gasteiger partial charge in [0.1, 0.15) is 11.9 Å². The molecular weight excluding hydrogens is 403 g/mol. The van der Waals surface area contributed by atoms with E-state index < -0.39 is 6.04 Å². The first kappa shape index (κ1) is 22.3. The Morgan fingerprint density at radius 1 is 1.10 bits per heavy atom. The summed E-state index contributed by atoms with van der Waals surface area (Å²) >= 11 is 5.93. The normalized spacial score (nSPS) is 15.4. The Labute approximate surface area is 182 Å². The summed E-state index contributed by atoms with van der Waals surface area (Å²) in [6.07, 6.45) is 5.45. The van der Waals surface area contributed by atoms with E-state index in [0.717, 1.165) is 31.2 Å². The summed E-state index contributed by atoms with van der Waals surface area (Å²) in [5.74, 6) is -0.809. The highest BCUT2D eigenvalue weighted by molar-refractivity contribution is 6.30. The zero-order valence-corrected chi connectivity index (χ0v) is 18.0. The molecule has 3 rings (SSSR count). The molecule has 1 fully saturated rings. The first-order chi connectivity index (χ1) is 14.4. The van der Waals surface area contributed by atoms with Gasteiger partial charge in [-0.3, -0.25) is 9.59 Å². The van der Waals surface area contributed by atoms with E-state index in [-0.39, 0.29) is 36.6 Å². The van der Waals surface area contributed by atoms with Crippen molar-refractivity contribution < 1.29 is 14.0 Å². The van der Waals surface area contributed by atoms with Crippen LogP contribution in [0.2, 0.25) is 5.02 Å². The SMILES string of the molecule is C[C@H](C(=O)NC1CCCCC1)N(Cc1ccccc1F)C(=O)Cc1ccc(Cl)cc1. The third kappa shape index (κ3) is 6.05. The molecule has 0 aliphatic heterocycles. The van der Waals surface area contributed by atoms with Crippen LogP contribution in [0.25, 0.3) is 0 Å². The molecule has 1 aliphatic rings. The van der Waals surface area contributed by atoms with Crippen LogP contribution < -0.4 is 5.32 Å². The van der Waals surface area contributed by atoms with Crippen molar-refractivity contribution in [2.45, 2.75) is 64.1 Å². The molecule has 2 amide bonds. The fourth-order valence-electron chi connectivity index (χ4n) is 3.84. The summed E-state index contributed by atoms with van der Waals surface area (Å²) in [4.78, 5) is 27.5. The summed E-state index contributed by atoms with van der Waals surface area (Å²) in [6.45, 7) is 1.75. The molecule has 1 saturated carbocycles. The summed E-state index contributed by atoms with van der Waals surface area (Å²) in [5.41, 5.74) is 1.18. The minimum Gasteiger partial charge on any atom is -0.352 e. The van der Waals surface area contributed by atoms with Gasteiger partial charge in [-0.1, -0.05) is 61.2 Å². The molecule has 0 unspecified atom stereocenters. The van der Waals surface area contributed by atoms with Crippen molar-refractivity contribution >= 4 is 23.4 Å². The third-order valence-corrected chi connectivity index (χ3v) is 5.94. The highest BCUT2D eigenvalue weighted by Gasteiger charge is 2.28. The van der Waals surface area contributed by atoms with Crippen LogP contribution in [0.3, 0.4) is 0 Å². The van der Waals surface area contributed by atoms with Gasteiger partial charge >= 0.3 is 0 Å². The summed E-state index contributed by atoms with van der Waals surface area (Å²) in [5, 5.41) is 3.67. The van der Waals surface area contributed by atoms with Gasteiger partial charge in [0.2, 0.25) is 11.8 Å². The molecule has 0 saturated heterocycles. The monoisotopic (exact) mass is 430 g/mol. The second kappa shape index (κ2) is 10.6. The van der Waals surface area contributed by atoms with E-state index >= 15 is 0 Å². The van der Waals surface area contributed by atoms with Gasteiger partial charge in [0, 0.05) is 23.2 Å². The minimum absolute atomic E-state index is 0.0400. The fraction of sp³-hybridized carbons (Fsp3) is 0.417. The molecule has 4 nitrogen and oxygen atoms in total.